The maximum absolute atomic E-state index is 12.8. The van der Waals surface area contributed by atoms with Gasteiger partial charge < -0.3 is 0 Å². The number of rotatable bonds is 12. The average molecular weight is 684 g/mol. The Morgan fingerprint density at radius 2 is 1.36 bits per heavy atom. The molecule has 0 aromatic heterocycles. The van der Waals surface area contributed by atoms with Crippen LogP contribution in [0.1, 0.15) is 75.2 Å². The molecule has 6 heteroatoms. The predicted molar refractivity (Wildman–Crippen MR) is 148 cm³/mol. The van der Waals surface area contributed by atoms with E-state index in [0.29, 0.717) is 17.8 Å². The molecule has 3 nitrogen and oxygen atoms in total. The summed E-state index contributed by atoms with van der Waals surface area (Å²) in [6.07, 6.45) is 7.83. The Kier molecular flexibility index (Phi) is 10.1. The first kappa shape index (κ1) is 26.9. The molecule has 0 saturated heterocycles. The number of carbonyl (C=O) groups is 2. The Morgan fingerprint density at radius 1 is 0.818 bits per heavy atom. The van der Waals surface area contributed by atoms with Crippen LogP contribution < -0.4 is 8.48 Å². The van der Waals surface area contributed by atoms with Crippen LogP contribution in [-0.4, -0.2) is 30.1 Å². The Bertz CT molecular complexity index is 969. The molecule has 2 aromatic rings. The normalized spacial score (nSPS) is 13.7. The number of hydrogen-bond donors (Lipinski definition) is 0. The summed E-state index contributed by atoms with van der Waals surface area (Å²) in [6.45, 7) is 7.34. The van der Waals surface area contributed by atoms with Crippen LogP contribution in [0, 0.1) is 0 Å². The van der Waals surface area contributed by atoms with Gasteiger partial charge in [0, 0.05) is 0 Å². The van der Waals surface area contributed by atoms with Crippen molar-refractivity contribution in [2.24, 2.45) is 0 Å². The van der Waals surface area contributed by atoms with Crippen LogP contribution in [0.15, 0.2) is 45.3 Å². The summed E-state index contributed by atoms with van der Waals surface area (Å²) in [5, 5.41) is 0. The van der Waals surface area contributed by atoms with Crippen LogP contribution in [0.25, 0.3) is 0 Å². The van der Waals surface area contributed by atoms with E-state index in [0.717, 1.165) is 14.5 Å². The van der Waals surface area contributed by atoms with Crippen molar-refractivity contribution < 1.29 is 9.59 Å². The zero-order chi connectivity index (χ0) is 24.0. The zero-order valence-electron chi connectivity index (χ0n) is 20.1. The van der Waals surface area contributed by atoms with E-state index < -0.39 is 30.1 Å². The van der Waals surface area contributed by atoms with Gasteiger partial charge in [-0.05, 0) is 0 Å². The van der Waals surface area contributed by atoms with Gasteiger partial charge >= 0.3 is 221 Å². The molecule has 178 valence electrons. The molecular weight excluding hydrogens is 649 g/mol. The Labute approximate surface area is 219 Å². The van der Waals surface area contributed by atoms with Crippen molar-refractivity contribution in [2.75, 3.05) is 4.90 Å². The van der Waals surface area contributed by atoms with Crippen molar-refractivity contribution in [3.63, 3.8) is 0 Å². The third kappa shape index (κ3) is 6.13. The van der Waals surface area contributed by atoms with Gasteiger partial charge in [-0.25, -0.2) is 0 Å². The van der Waals surface area contributed by atoms with Gasteiger partial charge in [0.05, 0.1) is 0 Å². The molecule has 0 aliphatic carbocycles. The fourth-order valence-electron chi connectivity index (χ4n) is 5.00. The van der Waals surface area contributed by atoms with Gasteiger partial charge in [-0.15, -0.1) is 0 Å². The summed E-state index contributed by atoms with van der Waals surface area (Å²) in [4.78, 5) is 26.9. The molecular formula is C27H35Br2NO2Sn. The van der Waals surface area contributed by atoms with Crippen LogP contribution >= 0.6 is 31.9 Å². The minimum absolute atomic E-state index is 0.416. The summed E-state index contributed by atoms with van der Waals surface area (Å²) in [5.41, 5.74) is 2.22. The molecule has 0 radical (unpaired) electrons. The van der Waals surface area contributed by atoms with Crippen LogP contribution in [-0.2, 0) is 11.3 Å². The molecule has 0 fully saturated rings. The van der Waals surface area contributed by atoms with Crippen molar-refractivity contribution in [1.29, 1.82) is 0 Å². The molecule has 0 unspecified atom stereocenters. The number of halogens is 2. The minimum atomic E-state index is -2.46. The fraction of sp³-hybridized carbons (Fsp3) is 0.481. The zero-order valence-corrected chi connectivity index (χ0v) is 26.1. The molecule has 0 N–H and O–H groups in total. The first-order chi connectivity index (χ1) is 15.9. The van der Waals surface area contributed by atoms with Gasteiger partial charge in [0.2, 0.25) is 0 Å². The van der Waals surface area contributed by atoms with Gasteiger partial charge in [-0.3, -0.25) is 0 Å². The van der Waals surface area contributed by atoms with E-state index in [1.807, 2.05) is 6.07 Å². The van der Waals surface area contributed by atoms with Gasteiger partial charge in [-0.2, -0.15) is 0 Å². The average Bonchev–Trinajstić information content (AvgIpc) is 3.04. The van der Waals surface area contributed by atoms with Gasteiger partial charge in [0.25, 0.3) is 0 Å². The van der Waals surface area contributed by atoms with Crippen molar-refractivity contribution in [1.82, 2.24) is 0 Å². The molecule has 2 aromatic carbocycles. The predicted octanol–water partition coefficient (Wildman–Crippen LogP) is 8.00. The standard InChI is InChI=1S/C15H8Br2NO2.3C4H9.Sn/c16-10-6-11-13(12(17)7-10)18(15(20)14(11)19)8-9-4-2-1-3-5-9;3*1-3-4-2;/h2-7H,8H2;3*1,3-4H2,2H3;. The monoisotopic (exact) mass is 683 g/mol. The molecule has 1 aliphatic rings. The van der Waals surface area contributed by atoms with Crippen LogP contribution in [0.4, 0.5) is 5.69 Å². The van der Waals surface area contributed by atoms with Gasteiger partial charge in [0.1, 0.15) is 0 Å². The quantitative estimate of drug-likeness (QED) is 0.168. The van der Waals surface area contributed by atoms with Crippen LogP contribution in [0.2, 0.25) is 13.3 Å². The number of Topliss-reactive ketones (excluding diaryl/α,β-unsaturated/α-hetero) is 1. The first-order valence-corrected chi connectivity index (χ1v) is 21.4. The van der Waals surface area contributed by atoms with Crippen molar-refractivity contribution in [2.45, 2.75) is 79.2 Å². The summed E-state index contributed by atoms with van der Waals surface area (Å²) in [6, 6.07) is 12.8. The molecule has 1 heterocycles. The van der Waals surface area contributed by atoms with E-state index in [9.17, 15) is 9.59 Å². The third-order valence-electron chi connectivity index (χ3n) is 6.92. The molecule has 0 atom stereocenters. The first-order valence-electron chi connectivity index (χ1n) is 12.3. The Balaban J connectivity index is 1.88. The number of nitrogens with zero attached hydrogens (tertiary/aromatic N) is 1. The second kappa shape index (κ2) is 12.3. The molecule has 0 bridgehead atoms. The van der Waals surface area contributed by atoms with E-state index >= 15 is 0 Å². The summed E-state index contributed by atoms with van der Waals surface area (Å²) in [7, 11) is 0. The molecule has 1 aliphatic heterocycles. The summed E-state index contributed by atoms with van der Waals surface area (Å²) < 4.78 is 7.51. The van der Waals surface area contributed by atoms with E-state index in [1.165, 1.54) is 51.8 Å². The number of benzene rings is 2. The second-order valence-corrected chi connectivity index (χ2v) is 24.3. The number of amides is 1. The van der Waals surface area contributed by atoms with E-state index in [-0.39, 0.29) is 0 Å². The SMILES string of the molecule is CCC[CH2][Sn]([CH2]CCC)([CH2]CCC)[c]1ccc(CN2C(=O)C(=O)c3cc(Br)cc(Br)c32)cc1. The number of ketones is 1. The van der Waals surface area contributed by atoms with Gasteiger partial charge in [-0.1, -0.05) is 0 Å². The van der Waals surface area contributed by atoms with E-state index in [1.54, 1.807) is 14.5 Å². The third-order valence-corrected chi connectivity index (χ3v) is 23.6. The molecule has 0 spiro atoms. The molecule has 1 amide bonds. The topological polar surface area (TPSA) is 37.4 Å². The van der Waals surface area contributed by atoms with Crippen molar-refractivity contribution in [3.8, 4) is 0 Å². The number of unbranched alkanes of at least 4 members (excludes halogenated alkanes) is 3. The number of carbonyl (C=O) groups excluding carboxylic acids is 2. The van der Waals surface area contributed by atoms with Crippen LogP contribution in [0.5, 0.6) is 0 Å². The van der Waals surface area contributed by atoms with Gasteiger partial charge in [0.15, 0.2) is 0 Å². The van der Waals surface area contributed by atoms with E-state index in [4.69, 9.17) is 0 Å². The van der Waals surface area contributed by atoms with Crippen molar-refractivity contribution in [3.05, 3.63) is 56.5 Å². The molecule has 3 rings (SSSR count). The summed E-state index contributed by atoms with van der Waals surface area (Å²) >= 11 is 4.51. The Hall–Kier alpha value is -0.661. The number of fused-ring (bicyclic) bond motifs is 1. The summed E-state index contributed by atoms with van der Waals surface area (Å²) in [5.74, 6) is -0.882. The number of anilines is 1. The number of hydrogen-bond acceptors (Lipinski definition) is 2. The maximum atomic E-state index is 12.8. The van der Waals surface area contributed by atoms with Crippen molar-refractivity contribution >= 4 is 71.2 Å². The van der Waals surface area contributed by atoms with Crippen LogP contribution in [0.3, 0.4) is 0 Å². The molecule has 33 heavy (non-hydrogen) atoms. The van der Waals surface area contributed by atoms with E-state index in [2.05, 4.69) is 76.9 Å². The molecule has 0 saturated carbocycles. The Morgan fingerprint density at radius 3 is 1.88 bits per heavy atom. The second-order valence-electron chi connectivity index (χ2n) is 9.29. The fourth-order valence-corrected chi connectivity index (χ4v) is 22.4.